The summed E-state index contributed by atoms with van der Waals surface area (Å²) in [6.07, 6.45) is 0. The van der Waals surface area contributed by atoms with E-state index in [4.69, 9.17) is 0 Å². The summed E-state index contributed by atoms with van der Waals surface area (Å²) in [7, 11) is 1.32. The number of hydrogen-bond acceptors (Lipinski definition) is 0. The molecule has 0 aliphatic heterocycles. The van der Waals surface area contributed by atoms with Crippen molar-refractivity contribution >= 4 is 16.8 Å². The van der Waals surface area contributed by atoms with Gasteiger partial charge >= 0.3 is 94.2 Å². The summed E-state index contributed by atoms with van der Waals surface area (Å²) in [6.45, 7) is 20.7. The summed E-state index contributed by atoms with van der Waals surface area (Å²) >= 11 is 0. The third kappa shape index (κ3) is 2.42. The monoisotopic (exact) mass is 234 g/mol. The van der Waals surface area contributed by atoms with E-state index in [9.17, 15) is 0 Å². The van der Waals surface area contributed by atoms with Crippen LogP contribution >= 0.6 is 6.60 Å². The van der Waals surface area contributed by atoms with Gasteiger partial charge in [0.25, 0.3) is 0 Å². The molecule has 0 bridgehead atoms. The molecule has 88 valence electrons. The van der Waals surface area contributed by atoms with E-state index in [0.29, 0.717) is 10.6 Å². The number of rotatable bonds is 1. The van der Waals surface area contributed by atoms with Crippen LogP contribution in [0, 0.1) is 5.41 Å². The van der Waals surface area contributed by atoms with E-state index in [1.165, 1.54) is 10.2 Å². The van der Waals surface area contributed by atoms with Crippen LogP contribution in [0.4, 0.5) is 0 Å². The van der Waals surface area contributed by atoms with Gasteiger partial charge < -0.3 is 0 Å². The van der Waals surface area contributed by atoms with Crippen LogP contribution in [0.3, 0.4) is 0 Å². The first kappa shape index (κ1) is 14.6. The molecule has 0 N–H and O–H groups in total. The molecule has 14 heavy (non-hydrogen) atoms. The third-order valence-corrected chi connectivity index (χ3v) is 20.4. The summed E-state index contributed by atoms with van der Waals surface area (Å²) in [5, 5.41) is 1.42. The van der Waals surface area contributed by atoms with Crippen LogP contribution in [0.25, 0.3) is 0 Å². The molecule has 0 rings (SSSR count). The Kier molecular flexibility index (Phi) is 3.47. The summed E-state index contributed by atoms with van der Waals surface area (Å²) in [6, 6.07) is 0. The molecular formula is C12H31PSi. The van der Waals surface area contributed by atoms with Gasteiger partial charge in [0.1, 0.15) is 0 Å². The van der Waals surface area contributed by atoms with Crippen molar-refractivity contribution in [2.45, 2.75) is 52.0 Å². The SMILES string of the molecule is CC(C)(C)C([SiH3])P(C)(C)(C)C(C)(C)C. The summed E-state index contributed by atoms with van der Waals surface area (Å²) in [5.41, 5.74) is 0.482. The van der Waals surface area contributed by atoms with Gasteiger partial charge in [0.15, 0.2) is 0 Å². The zero-order chi connectivity index (χ0) is 12.0. The van der Waals surface area contributed by atoms with Crippen LogP contribution in [-0.4, -0.2) is 40.7 Å². The molecular weight excluding hydrogens is 203 g/mol. The van der Waals surface area contributed by atoms with Gasteiger partial charge in [-0.2, -0.15) is 0 Å². The van der Waals surface area contributed by atoms with E-state index in [2.05, 4.69) is 61.5 Å². The molecule has 0 aliphatic rings. The summed E-state index contributed by atoms with van der Waals surface area (Å²) in [4.78, 5) is 0. The van der Waals surface area contributed by atoms with E-state index in [1.807, 2.05) is 0 Å². The Balaban J connectivity index is 5.33. The number of hydrogen-bond donors (Lipinski definition) is 0. The van der Waals surface area contributed by atoms with Crippen LogP contribution < -0.4 is 0 Å². The molecule has 0 aromatic carbocycles. The molecule has 1 unspecified atom stereocenters. The molecule has 0 aromatic rings. The van der Waals surface area contributed by atoms with E-state index in [1.54, 1.807) is 0 Å². The molecule has 0 fully saturated rings. The summed E-state index contributed by atoms with van der Waals surface area (Å²) < 4.78 is 0. The van der Waals surface area contributed by atoms with Crippen LogP contribution in [-0.2, 0) is 0 Å². The molecule has 0 amide bonds. The summed E-state index contributed by atoms with van der Waals surface area (Å²) in [5.74, 6) is 0. The van der Waals surface area contributed by atoms with Gasteiger partial charge in [-0.3, -0.25) is 0 Å². The van der Waals surface area contributed by atoms with Crippen LogP contribution in [0.15, 0.2) is 0 Å². The zero-order valence-corrected chi connectivity index (χ0v) is 14.9. The zero-order valence-electron chi connectivity index (χ0n) is 12.0. The maximum atomic E-state index is 2.58. The van der Waals surface area contributed by atoms with Crippen LogP contribution in [0.1, 0.15) is 41.5 Å². The van der Waals surface area contributed by atoms with Gasteiger partial charge in [-0.25, -0.2) is 0 Å². The first-order chi connectivity index (χ1) is 5.69. The van der Waals surface area contributed by atoms with Gasteiger partial charge in [-0.05, 0) is 0 Å². The standard InChI is InChI=1S/C12H31PSi/c1-11(2,3)10(14)13(7,8,9)12(4,5)6/h10H,1-9,14H3. The Morgan fingerprint density at radius 3 is 1.21 bits per heavy atom. The van der Waals surface area contributed by atoms with Gasteiger partial charge in [0.2, 0.25) is 0 Å². The minimum atomic E-state index is -1.56. The van der Waals surface area contributed by atoms with Crippen molar-refractivity contribution in [3.63, 3.8) is 0 Å². The fourth-order valence-electron chi connectivity index (χ4n) is 1.94. The molecule has 0 nitrogen and oxygen atoms in total. The van der Waals surface area contributed by atoms with Gasteiger partial charge in [-0.15, -0.1) is 0 Å². The van der Waals surface area contributed by atoms with Gasteiger partial charge in [0, 0.05) is 0 Å². The molecule has 0 saturated heterocycles. The Morgan fingerprint density at radius 2 is 1.14 bits per heavy atom. The van der Waals surface area contributed by atoms with Crippen molar-refractivity contribution in [3.8, 4) is 0 Å². The topological polar surface area (TPSA) is 0 Å². The fraction of sp³-hybridized carbons (Fsp3) is 1.00. The predicted molar refractivity (Wildman–Crippen MR) is 77.6 cm³/mol. The molecule has 0 aliphatic carbocycles. The van der Waals surface area contributed by atoms with E-state index < -0.39 is 6.60 Å². The Hall–Kier alpha value is 0.647. The second-order valence-electron chi connectivity index (χ2n) is 8.13. The van der Waals surface area contributed by atoms with Crippen molar-refractivity contribution in [1.29, 1.82) is 0 Å². The maximum absolute atomic E-state index is 2.58. The van der Waals surface area contributed by atoms with Crippen LogP contribution in [0.5, 0.6) is 0 Å². The normalized spacial score (nSPS) is 20.2. The van der Waals surface area contributed by atoms with Crippen molar-refractivity contribution in [3.05, 3.63) is 0 Å². The second kappa shape index (κ2) is 3.32. The molecule has 0 heterocycles. The molecule has 0 spiro atoms. The van der Waals surface area contributed by atoms with Gasteiger partial charge in [0.05, 0.1) is 0 Å². The molecule has 0 radical (unpaired) electrons. The van der Waals surface area contributed by atoms with Crippen molar-refractivity contribution in [2.75, 3.05) is 20.0 Å². The third-order valence-electron chi connectivity index (χ3n) is 5.01. The average Bonchev–Trinajstić information content (AvgIpc) is 1.80. The van der Waals surface area contributed by atoms with E-state index in [-0.39, 0.29) is 0 Å². The Bertz CT molecular complexity index is 209. The molecule has 2 heteroatoms. The quantitative estimate of drug-likeness (QED) is 0.483. The van der Waals surface area contributed by atoms with Crippen molar-refractivity contribution in [1.82, 2.24) is 0 Å². The fourth-order valence-corrected chi connectivity index (χ4v) is 8.13. The predicted octanol–water partition coefficient (Wildman–Crippen LogP) is 2.97. The van der Waals surface area contributed by atoms with E-state index >= 15 is 0 Å². The first-order valence-corrected chi connectivity index (χ1v) is 10.5. The molecule has 0 saturated carbocycles. The van der Waals surface area contributed by atoms with Crippen molar-refractivity contribution < 1.29 is 0 Å². The first-order valence-electron chi connectivity index (χ1n) is 5.69. The van der Waals surface area contributed by atoms with Crippen LogP contribution in [0.2, 0.25) is 0 Å². The average molecular weight is 234 g/mol. The molecule has 1 atom stereocenters. The minimum absolute atomic E-state index is 0.477. The molecule has 0 aromatic heterocycles. The second-order valence-corrected chi connectivity index (χ2v) is 18.2. The van der Waals surface area contributed by atoms with E-state index in [0.717, 1.165) is 5.28 Å². The van der Waals surface area contributed by atoms with Gasteiger partial charge in [-0.1, -0.05) is 0 Å². The Labute approximate surface area is 94.6 Å². The van der Waals surface area contributed by atoms with Crippen molar-refractivity contribution in [2.24, 2.45) is 5.41 Å². The Morgan fingerprint density at radius 1 is 0.857 bits per heavy atom.